The second kappa shape index (κ2) is 5.67. The van der Waals surface area contributed by atoms with Crippen LogP contribution in [0.15, 0.2) is 40.9 Å². The molecule has 2 aromatic rings. The van der Waals surface area contributed by atoms with Gasteiger partial charge in [0, 0.05) is 4.47 Å². The molecule has 0 unspecified atom stereocenters. The highest BCUT2D eigenvalue weighted by Crippen LogP contribution is 2.30. The Hall–Kier alpha value is -1.46. The molecule has 0 aliphatic carbocycles. The van der Waals surface area contributed by atoms with Gasteiger partial charge >= 0.3 is 0 Å². The number of halogens is 2. The summed E-state index contributed by atoms with van der Waals surface area (Å²) in [4.78, 5) is 0.198. The van der Waals surface area contributed by atoms with Crippen molar-refractivity contribution in [2.24, 2.45) is 5.73 Å². The van der Waals surface area contributed by atoms with E-state index in [4.69, 9.17) is 22.7 Å². The van der Waals surface area contributed by atoms with E-state index in [0.29, 0.717) is 11.3 Å². The molecule has 0 bridgehead atoms. The van der Waals surface area contributed by atoms with Crippen molar-refractivity contribution in [3.8, 4) is 11.5 Å². The number of hydrogen-bond acceptors (Lipinski definition) is 2. The lowest BCUT2D eigenvalue weighted by Gasteiger charge is -2.12. The number of hydrogen-bond donors (Lipinski definition) is 1. The van der Waals surface area contributed by atoms with Crippen LogP contribution < -0.4 is 10.5 Å². The van der Waals surface area contributed by atoms with Crippen LogP contribution in [0.1, 0.15) is 11.1 Å². The Balaban J connectivity index is 2.43. The Labute approximate surface area is 124 Å². The Morgan fingerprint density at radius 1 is 1.21 bits per heavy atom. The molecule has 0 aliphatic rings. The summed E-state index contributed by atoms with van der Waals surface area (Å²) in [5.41, 5.74) is 7.11. The number of aryl methyl sites for hydroxylation is 1. The minimum Gasteiger partial charge on any atom is -0.454 e. The summed E-state index contributed by atoms with van der Waals surface area (Å²) < 4.78 is 20.1. The smallest absolute Gasteiger partial charge is 0.165 e. The Morgan fingerprint density at radius 3 is 2.63 bits per heavy atom. The van der Waals surface area contributed by atoms with E-state index in [0.717, 1.165) is 10.0 Å². The molecule has 0 aromatic heterocycles. The lowest BCUT2D eigenvalue weighted by atomic mass is 10.2. The monoisotopic (exact) mass is 339 g/mol. The summed E-state index contributed by atoms with van der Waals surface area (Å²) in [6.45, 7) is 1.86. The Morgan fingerprint density at radius 2 is 1.95 bits per heavy atom. The summed E-state index contributed by atoms with van der Waals surface area (Å²) in [6, 6.07) is 9.89. The maximum Gasteiger partial charge on any atom is 0.165 e. The molecule has 2 N–H and O–H groups in total. The number of thiocarbonyl (C=S) groups is 1. The molecule has 5 heteroatoms. The van der Waals surface area contributed by atoms with Crippen LogP contribution in [-0.4, -0.2) is 4.99 Å². The molecule has 0 aliphatic heterocycles. The molecule has 2 nitrogen and oxygen atoms in total. The fourth-order valence-corrected chi connectivity index (χ4v) is 2.11. The number of ether oxygens (including phenoxy) is 1. The van der Waals surface area contributed by atoms with Crippen molar-refractivity contribution >= 4 is 33.1 Å². The van der Waals surface area contributed by atoms with E-state index in [1.807, 2.05) is 6.92 Å². The van der Waals surface area contributed by atoms with Gasteiger partial charge < -0.3 is 10.5 Å². The average Bonchev–Trinajstić information content (AvgIpc) is 2.35. The van der Waals surface area contributed by atoms with Gasteiger partial charge in [-0.2, -0.15) is 0 Å². The topological polar surface area (TPSA) is 35.2 Å². The molecule has 0 radical (unpaired) electrons. The lowest BCUT2D eigenvalue weighted by Crippen LogP contribution is -2.11. The molecular formula is C14H11BrFNOS. The summed E-state index contributed by atoms with van der Waals surface area (Å²) in [6.07, 6.45) is 0. The van der Waals surface area contributed by atoms with Gasteiger partial charge in [0.2, 0.25) is 0 Å². The zero-order valence-corrected chi connectivity index (χ0v) is 12.5. The second-order valence-electron chi connectivity index (χ2n) is 4.04. The first-order chi connectivity index (χ1) is 8.97. The SMILES string of the molecule is Cc1ccc(F)c(Oc2ccc(Br)cc2C(N)=S)c1. The molecule has 98 valence electrons. The minimum absolute atomic E-state index is 0.153. The number of rotatable bonds is 3. The zero-order valence-electron chi connectivity index (χ0n) is 10.1. The van der Waals surface area contributed by atoms with E-state index in [9.17, 15) is 4.39 Å². The van der Waals surface area contributed by atoms with Crippen molar-refractivity contribution < 1.29 is 9.13 Å². The molecule has 0 saturated heterocycles. The van der Waals surface area contributed by atoms with E-state index in [2.05, 4.69) is 15.9 Å². The van der Waals surface area contributed by atoms with Gasteiger partial charge in [-0.3, -0.25) is 0 Å². The van der Waals surface area contributed by atoms with Crippen molar-refractivity contribution in [3.63, 3.8) is 0 Å². The fraction of sp³-hybridized carbons (Fsp3) is 0.0714. The predicted molar refractivity (Wildman–Crippen MR) is 81.2 cm³/mol. The normalized spacial score (nSPS) is 10.3. The van der Waals surface area contributed by atoms with Crippen molar-refractivity contribution in [2.75, 3.05) is 0 Å². The van der Waals surface area contributed by atoms with Crippen molar-refractivity contribution in [2.45, 2.75) is 6.92 Å². The van der Waals surface area contributed by atoms with Crippen molar-refractivity contribution in [1.29, 1.82) is 0 Å². The lowest BCUT2D eigenvalue weighted by molar-refractivity contribution is 0.441. The van der Waals surface area contributed by atoms with Crippen LogP contribution in [0.4, 0.5) is 4.39 Å². The highest BCUT2D eigenvalue weighted by Gasteiger charge is 2.11. The number of benzene rings is 2. The molecular weight excluding hydrogens is 329 g/mol. The van der Waals surface area contributed by atoms with Gasteiger partial charge in [0.15, 0.2) is 11.6 Å². The molecule has 2 rings (SSSR count). The molecule has 2 aromatic carbocycles. The summed E-state index contributed by atoms with van der Waals surface area (Å²) in [5.74, 6) is 0.155. The van der Waals surface area contributed by atoms with Crippen LogP contribution in [0.2, 0.25) is 0 Å². The highest BCUT2D eigenvalue weighted by atomic mass is 79.9. The predicted octanol–water partition coefficient (Wildman–Crippen LogP) is 4.32. The fourth-order valence-electron chi connectivity index (χ4n) is 1.59. The van der Waals surface area contributed by atoms with Crippen LogP contribution in [0.5, 0.6) is 11.5 Å². The van der Waals surface area contributed by atoms with Gasteiger partial charge in [0.25, 0.3) is 0 Å². The average molecular weight is 340 g/mol. The van der Waals surface area contributed by atoms with Crippen LogP contribution in [0.3, 0.4) is 0 Å². The molecule has 19 heavy (non-hydrogen) atoms. The van der Waals surface area contributed by atoms with Gasteiger partial charge in [-0.15, -0.1) is 0 Å². The maximum atomic E-state index is 13.7. The van der Waals surface area contributed by atoms with E-state index in [-0.39, 0.29) is 10.7 Å². The summed E-state index contributed by atoms with van der Waals surface area (Å²) in [5, 5.41) is 0. The molecule has 0 heterocycles. The first-order valence-electron chi connectivity index (χ1n) is 5.51. The van der Waals surface area contributed by atoms with Gasteiger partial charge in [0.05, 0.1) is 5.56 Å². The van der Waals surface area contributed by atoms with E-state index in [1.165, 1.54) is 6.07 Å². The zero-order chi connectivity index (χ0) is 14.0. The summed E-state index contributed by atoms with van der Waals surface area (Å²) in [7, 11) is 0. The van der Waals surface area contributed by atoms with E-state index < -0.39 is 5.82 Å². The van der Waals surface area contributed by atoms with E-state index >= 15 is 0 Å². The summed E-state index contributed by atoms with van der Waals surface area (Å²) >= 11 is 8.30. The molecule has 0 spiro atoms. The minimum atomic E-state index is -0.428. The third-order valence-corrected chi connectivity index (χ3v) is 3.23. The van der Waals surface area contributed by atoms with Crippen LogP contribution in [0.25, 0.3) is 0 Å². The Kier molecular flexibility index (Phi) is 4.17. The quantitative estimate of drug-likeness (QED) is 0.845. The third-order valence-electron chi connectivity index (χ3n) is 2.51. The van der Waals surface area contributed by atoms with Gasteiger partial charge in [-0.05, 0) is 42.8 Å². The number of nitrogens with two attached hydrogens (primary N) is 1. The first-order valence-corrected chi connectivity index (χ1v) is 6.71. The second-order valence-corrected chi connectivity index (χ2v) is 5.40. The highest BCUT2D eigenvalue weighted by molar-refractivity contribution is 9.10. The van der Waals surface area contributed by atoms with Crippen molar-refractivity contribution in [3.05, 3.63) is 57.8 Å². The first kappa shape index (κ1) is 14.0. The molecule has 0 atom stereocenters. The van der Waals surface area contributed by atoms with Crippen molar-refractivity contribution in [1.82, 2.24) is 0 Å². The molecule has 0 saturated carbocycles. The maximum absolute atomic E-state index is 13.7. The van der Waals surface area contributed by atoms with Crippen LogP contribution in [0, 0.1) is 12.7 Å². The molecule has 0 fully saturated rings. The standard InChI is InChI=1S/C14H11BrFNOS/c1-8-2-4-11(16)13(6-8)18-12-5-3-9(15)7-10(12)14(17)19/h2-7H,1H3,(H2,17,19). The van der Waals surface area contributed by atoms with E-state index in [1.54, 1.807) is 30.3 Å². The third kappa shape index (κ3) is 3.30. The van der Waals surface area contributed by atoms with Gasteiger partial charge in [0.1, 0.15) is 10.7 Å². The Bertz CT molecular complexity index is 645. The van der Waals surface area contributed by atoms with Crippen LogP contribution >= 0.6 is 28.1 Å². The van der Waals surface area contributed by atoms with Gasteiger partial charge in [-0.25, -0.2) is 4.39 Å². The molecule has 0 amide bonds. The van der Waals surface area contributed by atoms with Crippen LogP contribution in [-0.2, 0) is 0 Å². The largest absolute Gasteiger partial charge is 0.454 e. The van der Waals surface area contributed by atoms with Gasteiger partial charge in [-0.1, -0.05) is 34.2 Å².